The van der Waals surface area contributed by atoms with Gasteiger partial charge in [-0.15, -0.1) is 0 Å². The molecular weight excluding hydrogens is 324 g/mol. The molecule has 1 fully saturated rings. The third-order valence-electron chi connectivity index (χ3n) is 5.25. The summed E-state index contributed by atoms with van der Waals surface area (Å²) in [6.07, 6.45) is 8.44. The van der Waals surface area contributed by atoms with Gasteiger partial charge in [0, 0.05) is 36.3 Å². The number of ketones is 1. The summed E-state index contributed by atoms with van der Waals surface area (Å²) in [6.45, 7) is 0. The van der Waals surface area contributed by atoms with E-state index in [9.17, 15) is 4.79 Å². The summed E-state index contributed by atoms with van der Waals surface area (Å²) in [5, 5.41) is 0. The fourth-order valence-electron chi connectivity index (χ4n) is 3.56. The van der Waals surface area contributed by atoms with Crippen LogP contribution in [0.1, 0.15) is 30.5 Å². The smallest absolute Gasteiger partial charge is 0.219 e. The van der Waals surface area contributed by atoms with Gasteiger partial charge in [0.1, 0.15) is 5.78 Å². The van der Waals surface area contributed by atoms with Gasteiger partial charge in [0.2, 0.25) is 5.95 Å². The molecule has 3 aromatic rings. The van der Waals surface area contributed by atoms with Crippen LogP contribution in [0.3, 0.4) is 0 Å². The highest BCUT2D eigenvalue weighted by molar-refractivity contribution is 5.92. The van der Waals surface area contributed by atoms with Crippen LogP contribution >= 0.6 is 0 Å². The number of carbonyl (C=O) groups excluding carboxylic acids is 1. The number of Topliss-reactive ketones (excluding diaryl/α,β-unsaturated/α-hetero) is 1. The summed E-state index contributed by atoms with van der Waals surface area (Å²) in [5.41, 5.74) is 9.02. The van der Waals surface area contributed by atoms with Crippen LogP contribution in [0, 0.1) is 0 Å². The number of hydrogen-bond donors (Lipinski definition) is 1. The molecule has 2 heterocycles. The predicted molar refractivity (Wildman–Crippen MR) is 100 cm³/mol. The lowest BCUT2D eigenvalue weighted by molar-refractivity contribution is -0.127. The van der Waals surface area contributed by atoms with Gasteiger partial charge in [-0.3, -0.25) is 9.78 Å². The van der Waals surface area contributed by atoms with E-state index in [1.807, 2.05) is 30.3 Å². The minimum absolute atomic E-state index is 0.256. The molecule has 0 atom stereocenters. The van der Waals surface area contributed by atoms with Gasteiger partial charge < -0.3 is 5.73 Å². The van der Waals surface area contributed by atoms with Gasteiger partial charge in [-0.05, 0) is 36.1 Å². The Morgan fingerprint density at radius 1 is 0.962 bits per heavy atom. The van der Waals surface area contributed by atoms with Crippen molar-refractivity contribution in [3.05, 3.63) is 72.3 Å². The molecular formula is C21H20N4O. The zero-order chi connectivity index (χ0) is 18.0. The first-order valence-corrected chi connectivity index (χ1v) is 8.79. The molecule has 26 heavy (non-hydrogen) atoms. The van der Waals surface area contributed by atoms with Crippen LogP contribution < -0.4 is 5.73 Å². The zero-order valence-electron chi connectivity index (χ0n) is 14.4. The number of pyridine rings is 1. The van der Waals surface area contributed by atoms with Crippen LogP contribution in [0.15, 0.2) is 61.1 Å². The number of carbonyl (C=O) groups is 1. The number of benzene rings is 1. The van der Waals surface area contributed by atoms with Crippen molar-refractivity contribution in [3.63, 3.8) is 0 Å². The Labute approximate surface area is 152 Å². The summed E-state index contributed by atoms with van der Waals surface area (Å²) < 4.78 is 0. The zero-order valence-corrected chi connectivity index (χ0v) is 14.4. The van der Waals surface area contributed by atoms with E-state index in [2.05, 4.69) is 27.1 Å². The Bertz CT molecular complexity index is 901. The SMILES string of the molecule is Nc1ncc(-c2ccc(C3(C(=O)Cc4ccccn4)CCC3)cc2)cn1. The highest BCUT2D eigenvalue weighted by Gasteiger charge is 2.44. The van der Waals surface area contributed by atoms with Gasteiger partial charge in [-0.1, -0.05) is 36.8 Å². The highest BCUT2D eigenvalue weighted by Crippen LogP contribution is 2.45. The molecule has 0 amide bonds. The molecule has 2 N–H and O–H groups in total. The Morgan fingerprint density at radius 3 is 2.27 bits per heavy atom. The summed E-state index contributed by atoms with van der Waals surface area (Å²) >= 11 is 0. The average molecular weight is 344 g/mol. The van der Waals surface area contributed by atoms with Gasteiger partial charge >= 0.3 is 0 Å². The van der Waals surface area contributed by atoms with Gasteiger partial charge in [-0.2, -0.15) is 0 Å². The summed E-state index contributed by atoms with van der Waals surface area (Å²) in [6, 6.07) is 13.9. The first kappa shape index (κ1) is 16.4. The lowest BCUT2D eigenvalue weighted by Crippen LogP contribution is -2.43. The molecule has 0 aliphatic heterocycles. The van der Waals surface area contributed by atoms with Crippen molar-refractivity contribution < 1.29 is 4.79 Å². The lowest BCUT2D eigenvalue weighted by Gasteiger charge is -2.41. The van der Waals surface area contributed by atoms with E-state index in [-0.39, 0.29) is 17.1 Å². The minimum atomic E-state index is -0.367. The van der Waals surface area contributed by atoms with Crippen molar-refractivity contribution in [2.75, 3.05) is 5.73 Å². The van der Waals surface area contributed by atoms with E-state index >= 15 is 0 Å². The molecule has 1 aliphatic carbocycles. The van der Waals surface area contributed by atoms with Crippen LogP contribution in [-0.4, -0.2) is 20.7 Å². The topological polar surface area (TPSA) is 81.8 Å². The van der Waals surface area contributed by atoms with E-state index in [1.54, 1.807) is 18.6 Å². The van der Waals surface area contributed by atoms with Gasteiger partial charge in [0.15, 0.2) is 0 Å². The Morgan fingerprint density at radius 2 is 1.69 bits per heavy atom. The molecule has 1 aromatic carbocycles. The molecule has 130 valence electrons. The van der Waals surface area contributed by atoms with Crippen LogP contribution in [0.4, 0.5) is 5.95 Å². The first-order valence-electron chi connectivity index (χ1n) is 8.79. The fourth-order valence-corrected chi connectivity index (χ4v) is 3.56. The predicted octanol–water partition coefficient (Wildman–Crippen LogP) is 3.35. The highest BCUT2D eigenvalue weighted by atomic mass is 16.1. The second kappa shape index (κ2) is 6.67. The van der Waals surface area contributed by atoms with Crippen molar-refractivity contribution in [3.8, 4) is 11.1 Å². The van der Waals surface area contributed by atoms with E-state index in [1.165, 1.54) is 0 Å². The number of aromatic nitrogens is 3. The fraction of sp³-hybridized carbons (Fsp3) is 0.238. The molecule has 1 saturated carbocycles. The van der Waals surface area contributed by atoms with Crippen LogP contribution in [0.25, 0.3) is 11.1 Å². The molecule has 4 rings (SSSR count). The number of nitrogens with two attached hydrogens (primary N) is 1. The number of rotatable bonds is 5. The molecule has 0 radical (unpaired) electrons. The summed E-state index contributed by atoms with van der Waals surface area (Å²) in [5.74, 6) is 0.518. The molecule has 5 nitrogen and oxygen atoms in total. The quantitative estimate of drug-likeness (QED) is 0.767. The van der Waals surface area contributed by atoms with Crippen LogP contribution in [-0.2, 0) is 16.6 Å². The van der Waals surface area contributed by atoms with E-state index in [0.29, 0.717) is 6.42 Å². The van der Waals surface area contributed by atoms with Gasteiger partial charge in [-0.25, -0.2) is 9.97 Å². The van der Waals surface area contributed by atoms with E-state index in [0.717, 1.165) is 41.6 Å². The Kier molecular flexibility index (Phi) is 4.21. The van der Waals surface area contributed by atoms with Crippen molar-refractivity contribution >= 4 is 11.7 Å². The van der Waals surface area contributed by atoms with Crippen LogP contribution in [0.2, 0.25) is 0 Å². The number of nitrogens with zero attached hydrogens (tertiary/aromatic N) is 3. The van der Waals surface area contributed by atoms with Gasteiger partial charge in [0.25, 0.3) is 0 Å². The molecule has 0 unspecified atom stereocenters. The number of hydrogen-bond acceptors (Lipinski definition) is 5. The van der Waals surface area contributed by atoms with Gasteiger partial charge in [0.05, 0.1) is 5.41 Å². The van der Waals surface area contributed by atoms with Crippen molar-refractivity contribution in [1.29, 1.82) is 0 Å². The van der Waals surface area contributed by atoms with Crippen molar-refractivity contribution in [1.82, 2.24) is 15.0 Å². The monoisotopic (exact) mass is 344 g/mol. The molecule has 5 heteroatoms. The number of nitrogen functional groups attached to an aromatic ring is 1. The average Bonchev–Trinajstić information content (AvgIpc) is 2.63. The standard InChI is InChI=1S/C21H20N4O/c22-20-24-13-16(14-25-20)15-5-7-17(8-6-15)21(9-3-10-21)19(26)12-18-4-1-2-11-23-18/h1-2,4-8,11,13-14H,3,9-10,12H2,(H2,22,24,25). The van der Waals surface area contributed by atoms with Crippen LogP contribution in [0.5, 0.6) is 0 Å². The molecule has 0 saturated heterocycles. The lowest BCUT2D eigenvalue weighted by atomic mass is 9.61. The summed E-state index contributed by atoms with van der Waals surface area (Å²) in [4.78, 5) is 25.4. The largest absolute Gasteiger partial charge is 0.368 e. The Hall–Kier alpha value is -3.08. The third kappa shape index (κ3) is 2.96. The maximum absolute atomic E-state index is 13.0. The van der Waals surface area contributed by atoms with E-state index in [4.69, 9.17) is 5.73 Å². The second-order valence-electron chi connectivity index (χ2n) is 6.76. The third-order valence-corrected chi connectivity index (χ3v) is 5.25. The molecule has 2 aromatic heterocycles. The van der Waals surface area contributed by atoms with Crippen molar-refractivity contribution in [2.24, 2.45) is 0 Å². The van der Waals surface area contributed by atoms with E-state index < -0.39 is 0 Å². The Balaban J connectivity index is 1.58. The molecule has 0 spiro atoms. The summed E-state index contributed by atoms with van der Waals surface area (Å²) in [7, 11) is 0. The normalized spacial score (nSPS) is 15.2. The molecule has 1 aliphatic rings. The minimum Gasteiger partial charge on any atom is -0.368 e. The first-order chi connectivity index (χ1) is 12.7. The van der Waals surface area contributed by atoms with Crippen molar-refractivity contribution in [2.45, 2.75) is 31.1 Å². The maximum atomic E-state index is 13.0. The second-order valence-corrected chi connectivity index (χ2v) is 6.76. The number of anilines is 1. The maximum Gasteiger partial charge on any atom is 0.219 e. The molecule has 0 bridgehead atoms.